The van der Waals surface area contributed by atoms with Crippen molar-refractivity contribution in [2.45, 2.75) is 12.5 Å². The van der Waals surface area contributed by atoms with Crippen LogP contribution >= 0.6 is 23.2 Å². The number of hydrogen-bond acceptors (Lipinski definition) is 2. The number of nitrogens with one attached hydrogen (secondary N) is 1. The fourth-order valence-electron chi connectivity index (χ4n) is 2.14. The highest BCUT2D eigenvalue weighted by Gasteiger charge is 2.25. The molecule has 4 nitrogen and oxygen atoms in total. The van der Waals surface area contributed by atoms with Crippen LogP contribution in [0.1, 0.15) is 15.9 Å². The van der Waals surface area contributed by atoms with Crippen molar-refractivity contribution in [3.8, 4) is 0 Å². The topological polar surface area (TPSA) is 72.2 Å². The Balaban J connectivity index is 2.28. The molecule has 2 aromatic carbocycles. The van der Waals surface area contributed by atoms with E-state index in [4.69, 9.17) is 28.9 Å². The van der Waals surface area contributed by atoms with Gasteiger partial charge in [0.05, 0.1) is 0 Å². The lowest BCUT2D eigenvalue weighted by Gasteiger charge is -2.17. The molecule has 0 aliphatic carbocycles. The van der Waals surface area contributed by atoms with Crippen LogP contribution in [-0.2, 0) is 11.2 Å². The predicted molar refractivity (Wildman–Crippen MR) is 86.9 cm³/mol. The van der Waals surface area contributed by atoms with E-state index in [1.807, 2.05) is 0 Å². The van der Waals surface area contributed by atoms with E-state index in [0.717, 1.165) is 0 Å². The summed E-state index contributed by atoms with van der Waals surface area (Å²) in [7, 11) is 0. The molecule has 2 aromatic rings. The fraction of sp³-hybridized carbons (Fsp3) is 0.125. The molecule has 2 amide bonds. The van der Waals surface area contributed by atoms with E-state index in [1.165, 1.54) is 12.1 Å². The van der Waals surface area contributed by atoms with Gasteiger partial charge in [-0.3, -0.25) is 9.59 Å². The molecule has 0 bridgehead atoms. The number of carbonyl (C=O) groups excluding carboxylic acids is 2. The summed E-state index contributed by atoms with van der Waals surface area (Å²) in [4.78, 5) is 23.7. The molecule has 0 aliphatic heterocycles. The van der Waals surface area contributed by atoms with Gasteiger partial charge < -0.3 is 11.1 Å². The van der Waals surface area contributed by atoms with Gasteiger partial charge in [-0.2, -0.15) is 0 Å². The zero-order valence-electron chi connectivity index (χ0n) is 12.5. The van der Waals surface area contributed by atoms with Gasteiger partial charge in [0.2, 0.25) is 5.91 Å². The highest BCUT2D eigenvalue weighted by molar-refractivity contribution is 6.36. The molecule has 0 heterocycles. The average molecular weight is 391 g/mol. The average Bonchev–Trinajstić information content (AvgIpc) is 2.48. The zero-order chi connectivity index (χ0) is 18.7. The van der Waals surface area contributed by atoms with Crippen LogP contribution in [0.2, 0.25) is 10.0 Å². The number of primary amides is 1. The summed E-state index contributed by atoms with van der Waals surface area (Å²) in [6.07, 6.45) is -0.190. The van der Waals surface area contributed by atoms with Gasteiger partial charge in [0.1, 0.15) is 29.1 Å². The van der Waals surface area contributed by atoms with Gasteiger partial charge in [0.25, 0.3) is 5.91 Å². The van der Waals surface area contributed by atoms with Crippen LogP contribution in [0, 0.1) is 17.5 Å². The highest BCUT2D eigenvalue weighted by Crippen LogP contribution is 2.25. The first kappa shape index (κ1) is 19.1. The molecule has 25 heavy (non-hydrogen) atoms. The van der Waals surface area contributed by atoms with Gasteiger partial charge in [0.15, 0.2) is 0 Å². The van der Waals surface area contributed by atoms with Gasteiger partial charge in [-0.05, 0) is 17.7 Å². The van der Waals surface area contributed by atoms with E-state index in [0.29, 0.717) is 17.7 Å². The van der Waals surface area contributed by atoms with Gasteiger partial charge in [-0.15, -0.1) is 0 Å². The molecule has 0 saturated heterocycles. The Bertz CT molecular complexity index is 803. The van der Waals surface area contributed by atoms with Crippen molar-refractivity contribution in [1.82, 2.24) is 5.32 Å². The van der Waals surface area contributed by atoms with E-state index < -0.39 is 40.9 Å². The monoisotopic (exact) mass is 390 g/mol. The molecule has 0 aromatic heterocycles. The smallest absolute Gasteiger partial charge is 0.257 e. The third kappa shape index (κ3) is 4.43. The first-order valence-electron chi connectivity index (χ1n) is 6.88. The van der Waals surface area contributed by atoms with Crippen LogP contribution < -0.4 is 11.1 Å². The molecule has 132 valence electrons. The Labute approximate surface area is 150 Å². The van der Waals surface area contributed by atoms with E-state index in [9.17, 15) is 22.8 Å². The lowest BCUT2D eigenvalue weighted by Crippen LogP contribution is -2.46. The molecule has 9 heteroatoms. The predicted octanol–water partition coefficient (Wildman–Crippen LogP) is 3.24. The minimum Gasteiger partial charge on any atom is -0.368 e. The maximum Gasteiger partial charge on any atom is 0.257 e. The van der Waals surface area contributed by atoms with Crippen molar-refractivity contribution in [2.24, 2.45) is 5.73 Å². The van der Waals surface area contributed by atoms with Crippen LogP contribution in [0.25, 0.3) is 0 Å². The molecule has 0 fully saturated rings. The van der Waals surface area contributed by atoms with Gasteiger partial charge in [-0.1, -0.05) is 29.3 Å². The number of carbonyl (C=O) groups is 2. The van der Waals surface area contributed by atoms with E-state index in [-0.39, 0.29) is 16.5 Å². The molecule has 2 rings (SSSR count). The minimum absolute atomic E-state index is 0.190. The Morgan fingerprint density at radius 3 is 2.08 bits per heavy atom. The second-order valence-electron chi connectivity index (χ2n) is 5.08. The van der Waals surface area contributed by atoms with Crippen LogP contribution in [0.5, 0.6) is 0 Å². The van der Waals surface area contributed by atoms with Crippen molar-refractivity contribution >= 4 is 35.0 Å². The summed E-state index contributed by atoms with van der Waals surface area (Å²) in [6, 6.07) is 3.97. The Hall–Kier alpha value is -2.25. The molecular weight excluding hydrogens is 380 g/mol. The molecule has 0 spiro atoms. The van der Waals surface area contributed by atoms with Gasteiger partial charge in [-0.25, -0.2) is 13.2 Å². The second-order valence-corrected chi connectivity index (χ2v) is 5.89. The summed E-state index contributed by atoms with van der Waals surface area (Å²) < 4.78 is 40.3. The summed E-state index contributed by atoms with van der Waals surface area (Å²) >= 11 is 12.0. The maximum atomic E-state index is 13.7. The van der Waals surface area contributed by atoms with E-state index in [1.54, 1.807) is 6.07 Å². The summed E-state index contributed by atoms with van der Waals surface area (Å²) in [5, 5.41) is 2.56. The van der Waals surface area contributed by atoms with Crippen LogP contribution in [0.15, 0.2) is 30.3 Å². The molecule has 1 atom stereocenters. The fourth-order valence-corrected chi connectivity index (χ4v) is 2.70. The van der Waals surface area contributed by atoms with Crippen molar-refractivity contribution < 1.29 is 22.8 Å². The number of rotatable bonds is 5. The number of nitrogens with two attached hydrogens (primary N) is 1. The second kappa shape index (κ2) is 7.76. The standard InChI is InChI=1S/C16H11Cl2F3N2O2/c17-9-2-1-3-10(18)8(9)6-13(15(22)24)23-16(25)14-11(20)4-7(19)5-12(14)21/h1-5,13H,6H2,(H2,22,24)(H,23,25)/t13-/m1/s1. The Kier molecular flexibility index (Phi) is 5.92. The van der Waals surface area contributed by atoms with Gasteiger partial charge >= 0.3 is 0 Å². The summed E-state index contributed by atoms with van der Waals surface area (Å²) in [6.45, 7) is 0. The molecule has 3 N–H and O–H groups in total. The van der Waals surface area contributed by atoms with Crippen molar-refractivity contribution in [1.29, 1.82) is 0 Å². The van der Waals surface area contributed by atoms with Crippen molar-refractivity contribution in [3.05, 3.63) is 69.0 Å². The molecule has 0 aliphatic rings. The number of amides is 2. The highest BCUT2D eigenvalue weighted by atomic mass is 35.5. The quantitative estimate of drug-likeness (QED) is 0.822. The first-order valence-corrected chi connectivity index (χ1v) is 7.64. The van der Waals surface area contributed by atoms with Crippen LogP contribution in [-0.4, -0.2) is 17.9 Å². The Morgan fingerprint density at radius 1 is 1.08 bits per heavy atom. The third-order valence-corrected chi connectivity index (χ3v) is 4.06. The first-order chi connectivity index (χ1) is 11.7. The lowest BCUT2D eigenvalue weighted by atomic mass is 10.0. The van der Waals surface area contributed by atoms with E-state index >= 15 is 0 Å². The lowest BCUT2D eigenvalue weighted by molar-refractivity contribution is -0.119. The molecule has 0 unspecified atom stereocenters. The van der Waals surface area contributed by atoms with E-state index in [2.05, 4.69) is 5.32 Å². The number of hydrogen-bond donors (Lipinski definition) is 2. The van der Waals surface area contributed by atoms with Gasteiger partial charge in [0, 0.05) is 28.6 Å². The Morgan fingerprint density at radius 2 is 1.60 bits per heavy atom. The SMILES string of the molecule is NC(=O)[C@@H](Cc1c(Cl)cccc1Cl)NC(=O)c1c(F)cc(F)cc1F. The molecule has 0 saturated carbocycles. The third-order valence-electron chi connectivity index (χ3n) is 3.35. The molecule has 0 radical (unpaired) electrons. The van der Waals surface area contributed by atoms with Crippen LogP contribution in [0.4, 0.5) is 13.2 Å². The normalized spacial score (nSPS) is 11.9. The number of benzene rings is 2. The summed E-state index contributed by atoms with van der Waals surface area (Å²) in [5.74, 6) is -6.22. The zero-order valence-corrected chi connectivity index (χ0v) is 14.0. The summed E-state index contributed by atoms with van der Waals surface area (Å²) in [5.41, 5.74) is 4.52. The maximum absolute atomic E-state index is 13.7. The van der Waals surface area contributed by atoms with Crippen molar-refractivity contribution in [2.75, 3.05) is 0 Å². The largest absolute Gasteiger partial charge is 0.368 e. The van der Waals surface area contributed by atoms with Crippen molar-refractivity contribution in [3.63, 3.8) is 0 Å². The molecular formula is C16H11Cl2F3N2O2. The minimum atomic E-state index is -1.41. The van der Waals surface area contributed by atoms with Crippen LogP contribution in [0.3, 0.4) is 0 Å². The number of halogens is 5.